The number of carbonyl (C=O) groups excluding carboxylic acids is 2. The van der Waals surface area contributed by atoms with Crippen LogP contribution in [0.15, 0.2) is 78.9 Å². The molecule has 1 aliphatic heterocycles. The van der Waals surface area contributed by atoms with E-state index in [4.69, 9.17) is 0 Å². The fourth-order valence-corrected chi connectivity index (χ4v) is 5.55. The summed E-state index contributed by atoms with van der Waals surface area (Å²) in [6.45, 7) is 2.10. The number of nitrogens with one attached hydrogen (secondary N) is 1. The lowest BCUT2D eigenvalue weighted by Gasteiger charge is -2.25. The van der Waals surface area contributed by atoms with E-state index >= 15 is 0 Å². The van der Waals surface area contributed by atoms with Crippen LogP contribution in [0.2, 0.25) is 0 Å². The standard InChI is InChI=1S/C29H29N3O4/c1-19-12-14-23-24(16-19)29(34)31(28(23)33)22-13-15-25(27(18-22)32(35)36)30-26(21-10-6-3-7-11-21)17-20-8-4-2-5-9-20/h2-11,13,15,18-19,23-24,26,30H,12,14,16-17H2,1H3/t19-,23+,24-,26+/m1/s1. The van der Waals surface area contributed by atoms with E-state index in [1.165, 1.54) is 11.0 Å². The lowest BCUT2D eigenvalue weighted by molar-refractivity contribution is -0.383. The Bertz CT molecular complexity index is 1280. The van der Waals surface area contributed by atoms with Crippen molar-refractivity contribution in [3.05, 3.63) is 100 Å². The molecule has 2 amide bonds. The first-order valence-corrected chi connectivity index (χ1v) is 12.4. The minimum Gasteiger partial charge on any atom is -0.372 e. The molecule has 1 saturated heterocycles. The van der Waals surface area contributed by atoms with Gasteiger partial charge in [-0.1, -0.05) is 67.6 Å². The zero-order valence-electron chi connectivity index (χ0n) is 20.2. The largest absolute Gasteiger partial charge is 0.372 e. The van der Waals surface area contributed by atoms with Crippen molar-refractivity contribution in [3.63, 3.8) is 0 Å². The normalized spacial score (nSPS) is 22.2. The first-order chi connectivity index (χ1) is 17.4. The Morgan fingerprint density at radius 2 is 1.61 bits per heavy atom. The van der Waals surface area contributed by atoms with Crippen molar-refractivity contribution in [3.8, 4) is 0 Å². The van der Waals surface area contributed by atoms with Gasteiger partial charge in [0, 0.05) is 6.07 Å². The van der Waals surface area contributed by atoms with Gasteiger partial charge >= 0.3 is 0 Å². The smallest absolute Gasteiger partial charge is 0.294 e. The Balaban J connectivity index is 1.46. The molecule has 0 aromatic heterocycles. The summed E-state index contributed by atoms with van der Waals surface area (Å²) >= 11 is 0. The molecule has 2 aliphatic rings. The SMILES string of the molecule is C[C@@H]1CC[C@@H]2C(=O)N(c3ccc(N[C@@H](Cc4ccccc4)c4ccccc4)c([N+](=O)[O-])c3)C(=O)[C@@H]2C1. The van der Waals surface area contributed by atoms with Crippen molar-refractivity contribution in [1.29, 1.82) is 0 Å². The Hall–Kier alpha value is -4.00. The third-order valence-electron chi connectivity index (χ3n) is 7.44. The van der Waals surface area contributed by atoms with E-state index in [0.29, 0.717) is 30.9 Å². The number of nitrogens with zero attached hydrogens (tertiary/aromatic N) is 2. The predicted molar refractivity (Wildman–Crippen MR) is 139 cm³/mol. The van der Waals surface area contributed by atoms with E-state index < -0.39 is 4.92 Å². The Labute approximate surface area is 210 Å². The van der Waals surface area contributed by atoms with Crippen LogP contribution in [0, 0.1) is 27.9 Å². The molecule has 0 radical (unpaired) electrons. The van der Waals surface area contributed by atoms with Gasteiger partial charge in [0.15, 0.2) is 0 Å². The average molecular weight is 484 g/mol. The monoisotopic (exact) mass is 483 g/mol. The van der Waals surface area contributed by atoms with Gasteiger partial charge < -0.3 is 5.32 Å². The summed E-state index contributed by atoms with van der Waals surface area (Å²) in [4.78, 5) is 39.1. The van der Waals surface area contributed by atoms with Crippen molar-refractivity contribution in [1.82, 2.24) is 0 Å². The number of nitro benzene ring substituents is 1. The number of carbonyl (C=O) groups is 2. The summed E-state index contributed by atoms with van der Waals surface area (Å²) < 4.78 is 0. The molecule has 1 aliphatic carbocycles. The summed E-state index contributed by atoms with van der Waals surface area (Å²) in [6, 6.07) is 24.1. The van der Waals surface area contributed by atoms with Crippen LogP contribution < -0.4 is 10.2 Å². The summed E-state index contributed by atoms with van der Waals surface area (Å²) in [6.07, 6.45) is 2.92. The van der Waals surface area contributed by atoms with Crippen molar-refractivity contribution in [2.45, 2.75) is 38.6 Å². The van der Waals surface area contributed by atoms with Gasteiger partial charge in [-0.15, -0.1) is 0 Å². The first-order valence-electron chi connectivity index (χ1n) is 12.4. The second-order valence-corrected chi connectivity index (χ2v) is 9.90. The van der Waals surface area contributed by atoms with E-state index in [0.717, 1.165) is 17.5 Å². The molecule has 2 fully saturated rings. The van der Waals surface area contributed by atoms with Gasteiger partial charge in [-0.2, -0.15) is 0 Å². The van der Waals surface area contributed by atoms with Crippen molar-refractivity contribution >= 4 is 28.9 Å². The molecule has 7 nitrogen and oxygen atoms in total. The molecule has 36 heavy (non-hydrogen) atoms. The molecule has 3 aromatic carbocycles. The fourth-order valence-electron chi connectivity index (χ4n) is 5.55. The highest BCUT2D eigenvalue weighted by Crippen LogP contribution is 2.43. The van der Waals surface area contributed by atoms with Crippen LogP contribution in [0.25, 0.3) is 0 Å². The number of hydrogen-bond donors (Lipinski definition) is 1. The number of anilines is 2. The van der Waals surface area contributed by atoms with Gasteiger partial charge in [0.1, 0.15) is 5.69 Å². The molecule has 3 aromatic rings. The van der Waals surface area contributed by atoms with E-state index in [-0.39, 0.29) is 41.1 Å². The lowest BCUT2D eigenvalue weighted by atomic mass is 9.76. The van der Waals surface area contributed by atoms with Gasteiger partial charge in [0.25, 0.3) is 5.69 Å². The Morgan fingerprint density at radius 3 is 2.31 bits per heavy atom. The van der Waals surface area contributed by atoms with Crippen LogP contribution in [0.3, 0.4) is 0 Å². The van der Waals surface area contributed by atoms with Crippen molar-refractivity contribution in [2.75, 3.05) is 10.2 Å². The number of amides is 2. The number of imide groups is 1. The molecule has 0 spiro atoms. The van der Waals surface area contributed by atoms with E-state index in [1.54, 1.807) is 12.1 Å². The fraction of sp³-hybridized carbons (Fsp3) is 0.310. The number of fused-ring (bicyclic) bond motifs is 1. The molecule has 5 rings (SSSR count). The minimum absolute atomic E-state index is 0.162. The zero-order chi connectivity index (χ0) is 25.2. The molecular formula is C29H29N3O4. The molecule has 0 bridgehead atoms. The summed E-state index contributed by atoms with van der Waals surface area (Å²) in [5.74, 6) is -0.732. The van der Waals surface area contributed by atoms with Gasteiger partial charge in [-0.25, -0.2) is 4.90 Å². The van der Waals surface area contributed by atoms with Crippen LogP contribution >= 0.6 is 0 Å². The number of hydrogen-bond acceptors (Lipinski definition) is 5. The second-order valence-electron chi connectivity index (χ2n) is 9.90. The maximum atomic E-state index is 13.1. The number of benzene rings is 3. The molecular weight excluding hydrogens is 454 g/mol. The highest BCUT2D eigenvalue weighted by molar-refractivity contribution is 6.22. The Morgan fingerprint density at radius 1 is 0.944 bits per heavy atom. The highest BCUT2D eigenvalue weighted by Gasteiger charge is 2.50. The molecule has 7 heteroatoms. The van der Waals surface area contributed by atoms with Gasteiger partial charge in [0.05, 0.1) is 28.5 Å². The predicted octanol–water partition coefficient (Wildman–Crippen LogP) is 5.92. The van der Waals surface area contributed by atoms with Gasteiger partial charge in [0.2, 0.25) is 11.8 Å². The maximum Gasteiger partial charge on any atom is 0.294 e. The molecule has 4 atom stereocenters. The van der Waals surface area contributed by atoms with Crippen LogP contribution in [-0.2, 0) is 16.0 Å². The molecule has 0 unspecified atom stereocenters. The van der Waals surface area contributed by atoms with E-state index in [9.17, 15) is 19.7 Å². The molecule has 1 saturated carbocycles. The summed E-state index contributed by atoms with van der Waals surface area (Å²) in [5.41, 5.74) is 2.55. The number of nitro groups is 1. The highest BCUT2D eigenvalue weighted by atomic mass is 16.6. The van der Waals surface area contributed by atoms with Crippen LogP contribution in [0.5, 0.6) is 0 Å². The second kappa shape index (κ2) is 9.93. The summed E-state index contributed by atoms with van der Waals surface area (Å²) in [5, 5.41) is 15.5. The third kappa shape index (κ3) is 4.61. The van der Waals surface area contributed by atoms with Crippen LogP contribution in [0.4, 0.5) is 17.1 Å². The third-order valence-corrected chi connectivity index (χ3v) is 7.44. The maximum absolute atomic E-state index is 13.1. The molecule has 184 valence electrons. The van der Waals surface area contributed by atoms with E-state index in [1.807, 2.05) is 60.7 Å². The van der Waals surface area contributed by atoms with Crippen molar-refractivity contribution < 1.29 is 14.5 Å². The number of rotatable bonds is 7. The quantitative estimate of drug-likeness (QED) is 0.256. The molecule has 1 heterocycles. The van der Waals surface area contributed by atoms with Crippen molar-refractivity contribution in [2.24, 2.45) is 17.8 Å². The Kier molecular flexibility index (Phi) is 6.55. The lowest BCUT2D eigenvalue weighted by Crippen LogP contribution is -2.31. The average Bonchev–Trinajstić information content (AvgIpc) is 3.13. The summed E-state index contributed by atoms with van der Waals surface area (Å²) in [7, 11) is 0. The van der Waals surface area contributed by atoms with Crippen LogP contribution in [0.1, 0.15) is 43.4 Å². The first kappa shape index (κ1) is 23.7. The van der Waals surface area contributed by atoms with Gasteiger partial charge in [-0.3, -0.25) is 19.7 Å². The van der Waals surface area contributed by atoms with Gasteiger partial charge in [-0.05, 0) is 54.9 Å². The topological polar surface area (TPSA) is 92.6 Å². The van der Waals surface area contributed by atoms with E-state index in [2.05, 4.69) is 12.2 Å². The van der Waals surface area contributed by atoms with Crippen LogP contribution in [-0.4, -0.2) is 16.7 Å². The molecule has 1 N–H and O–H groups in total. The minimum atomic E-state index is -0.462. The zero-order valence-corrected chi connectivity index (χ0v) is 20.2.